The predicted molar refractivity (Wildman–Crippen MR) is 88.0 cm³/mol. The first kappa shape index (κ1) is 19.4. The van der Waals surface area contributed by atoms with Crippen molar-refractivity contribution in [2.75, 3.05) is 14.1 Å². The summed E-state index contributed by atoms with van der Waals surface area (Å²) in [7, 11) is 3.06. The molecule has 1 aromatic rings. The molecule has 1 amide bonds. The van der Waals surface area contributed by atoms with E-state index in [1.165, 1.54) is 32.0 Å². The maximum Gasteiger partial charge on any atom is 0.333 e. The van der Waals surface area contributed by atoms with E-state index in [0.29, 0.717) is 6.29 Å². The van der Waals surface area contributed by atoms with E-state index in [1.54, 1.807) is 0 Å². The summed E-state index contributed by atoms with van der Waals surface area (Å²) in [4.78, 5) is 46.5. The fourth-order valence-electron chi connectivity index (χ4n) is 1.57. The quantitative estimate of drug-likeness (QED) is 0.193. The molecule has 0 fully saturated rings. The normalized spacial score (nSPS) is 9.96. The Balaban J connectivity index is 3.32. The molecule has 0 radical (unpaired) electrons. The van der Waals surface area contributed by atoms with Crippen LogP contribution < -0.4 is 0 Å². The van der Waals surface area contributed by atoms with Crippen molar-refractivity contribution in [1.82, 2.24) is 4.90 Å². The Labute approximate surface area is 142 Å². The molecule has 0 heterocycles. The second kappa shape index (κ2) is 8.25. The third-order valence-corrected chi connectivity index (χ3v) is 4.02. The average Bonchev–Trinajstić information content (AvgIpc) is 2.52. The SMILES string of the molecule is C=C(C)C(=O)OCc1cc([N+](=O)[O-])cc(C=O)c1SC(=O)N(C)C. The predicted octanol–water partition coefficient (Wildman–Crippen LogP) is 2.80. The van der Waals surface area contributed by atoms with E-state index in [-0.39, 0.29) is 39.1 Å². The third kappa shape index (κ3) is 4.92. The lowest BCUT2D eigenvalue weighted by Crippen LogP contribution is -2.17. The lowest BCUT2D eigenvalue weighted by atomic mass is 10.1. The minimum Gasteiger partial charge on any atom is -0.457 e. The number of nitro benzene ring substituents is 1. The van der Waals surface area contributed by atoms with Gasteiger partial charge in [-0.15, -0.1) is 0 Å². The Hall–Kier alpha value is -2.68. The number of non-ortho nitro benzene ring substituents is 1. The van der Waals surface area contributed by atoms with Gasteiger partial charge in [0.25, 0.3) is 10.9 Å². The van der Waals surface area contributed by atoms with Gasteiger partial charge in [0.2, 0.25) is 0 Å². The molecule has 0 aliphatic heterocycles. The number of hydrogen-bond acceptors (Lipinski definition) is 7. The summed E-state index contributed by atoms with van der Waals surface area (Å²) in [5.41, 5.74) is 0.00149. The van der Waals surface area contributed by atoms with Crippen LogP contribution in [0.25, 0.3) is 0 Å². The Kier molecular flexibility index (Phi) is 6.66. The van der Waals surface area contributed by atoms with Gasteiger partial charge in [0.15, 0.2) is 6.29 Å². The smallest absolute Gasteiger partial charge is 0.333 e. The number of benzene rings is 1. The van der Waals surface area contributed by atoms with Crippen molar-refractivity contribution in [3.8, 4) is 0 Å². The fraction of sp³-hybridized carbons (Fsp3) is 0.267. The second-order valence-electron chi connectivity index (χ2n) is 5.02. The minimum atomic E-state index is -0.677. The molecule has 1 aromatic carbocycles. The molecular formula is C15H16N2O6S. The molecule has 0 aliphatic carbocycles. The Bertz CT molecular complexity index is 714. The highest BCUT2D eigenvalue weighted by molar-refractivity contribution is 8.13. The number of thioether (sulfide) groups is 1. The Morgan fingerprint density at radius 3 is 2.50 bits per heavy atom. The van der Waals surface area contributed by atoms with Crippen molar-refractivity contribution < 1.29 is 24.0 Å². The van der Waals surface area contributed by atoms with Crippen molar-refractivity contribution in [2.24, 2.45) is 0 Å². The number of carbonyl (C=O) groups is 3. The van der Waals surface area contributed by atoms with E-state index in [4.69, 9.17) is 4.74 Å². The van der Waals surface area contributed by atoms with Gasteiger partial charge in [0.05, 0.1) is 4.92 Å². The number of nitro groups is 1. The van der Waals surface area contributed by atoms with Gasteiger partial charge in [-0.2, -0.15) is 0 Å². The van der Waals surface area contributed by atoms with Crippen LogP contribution in [0.3, 0.4) is 0 Å². The van der Waals surface area contributed by atoms with Crippen LogP contribution in [0.5, 0.6) is 0 Å². The third-order valence-electron chi connectivity index (χ3n) is 2.78. The van der Waals surface area contributed by atoms with Crippen LogP contribution in [0.1, 0.15) is 22.8 Å². The van der Waals surface area contributed by atoms with Gasteiger partial charge in [-0.05, 0) is 18.7 Å². The topological polar surface area (TPSA) is 107 Å². The lowest BCUT2D eigenvalue weighted by molar-refractivity contribution is -0.385. The first-order valence-corrected chi connectivity index (χ1v) is 7.47. The molecule has 9 heteroatoms. The van der Waals surface area contributed by atoms with E-state index in [0.717, 1.165) is 17.8 Å². The van der Waals surface area contributed by atoms with E-state index in [2.05, 4.69) is 6.58 Å². The molecule has 0 bridgehead atoms. The van der Waals surface area contributed by atoms with E-state index in [9.17, 15) is 24.5 Å². The molecule has 24 heavy (non-hydrogen) atoms. The van der Waals surface area contributed by atoms with Gasteiger partial charge < -0.3 is 9.64 Å². The molecule has 0 saturated carbocycles. The van der Waals surface area contributed by atoms with Crippen LogP contribution in [0.4, 0.5) is 10.5 Å². The first-order chi connectivity index (χ1) is 11.2. The van der Waals surface area contributed by atoms with Crippen molar-refractivity contribution in [3.05, 3.63) is 45.5 Å². The molecule has 0 spiro atoms. The van der Waals surface area contributed by atoms with Crippen LogP contribution in [-0.4, -0.2) is 41.4 Å². The number of hydrogen-bond donors (Lipinski definition) is 0. The highest BCUT2D eigenvalue weighted by Gasteiger charge is 2.21. The van der Waals surface area contributed by atoms with Gasteiger partial charge in [0, 0.05) is 47.8 Å². The maximum absolute atomic E-state index is 11.9. The number of aldehydes is 1. The molecule has 0 saturated heterocycles. The van der Waals surface area contributed by atoms with E-state index in [1.807, 2.05) is 0 Å². The van der Waals surface area contributed by atoms with Gasteiger partial charge in [-0.3, -0.25) is 19.7 Å². The number of amides is 1. The highest BCUT2D eigenvalue weighted by atomic mass is 32.2. The molecule has 0 atom stereocenters. The zero-order valence-electron chi connectivity index (χ0n) is 13.4. The molecule has 1 rings (SSSR count). The monoisotopic (exact) mass is 352 g/mol. The Morgan fingerprint density at radius 2 is 2.04 bits per heavy atom. The van der Waals surface area contributed by atoms with Crippen LogP contribution in [-0.2, 0) is 16.1 Å². The Morgan fingerprint density at radius 1 is 1.42 bits per heavy atom. The summed E-state index contributed by atoms with van der Waals surface area (Å²) in [6.07, 6.45) is 0.419. The number of esters is 1. The number of rotatable bonds is 6. The molecule has 0 N–H and O–H groups in total. The summed E-state index contributed by atoms with van der Waals surface area (Å²) < 4.78 is 4.99. The molecule has 0 unspecified atom stereocenters. The van der Waals surface area contributed by atoms with Crippen LogP contribution in [0, 0.1) is 10.1 Å². The highest BCUT2D eigenvalue weighted by Crippen LogP contribution is 2.32. The fourth-order valence-corrected chi connectivity index (χ4v) is 2.40. The molecule has 0 aromatic heterocycles. The molecule has 128 valence electrons. The molecular weight excluding hydrogens is 336 g/mol. The summed E-state index contributed by atoms with van der Waals surface area (Å²) in [5, 5.41) is 10.6. The van der Waals surface area contributed by atoms with Crippen molar-refractivity contribution >= 4 is 34.9 Å². The summed E-state index contributed by atoms with van der Waals surface area (Å²) >= 11 is 0.729. The van der Waals surface area contributed by atoms with E-state index >= 15 is 0 Å². The minimum absolute atomic E-state index is 0.0224. The average molecular weight is 352 g/mol. The van der Waals surface area contributed by atoms with Gasteiger partial charge >= 0.3 is 5.97 Å². The zero-order valence-corrected chi connectivity index (χ0v) is 14.2. The van der Waals surface area contributed by atoms with Gasteiger partial charge in [0.1, 0.15) is 6.61 Å². The van der Waals surface area contributed by atoms with Crippen molar-refractivity contribution in [1.29, 1.82) is 0 Å². The van der Waals surface area contributed by atoms with Gasteiger partial charge in [-0.1, -0.05) is 6.58 Å². The standard InChI is InChI=1S/C15H16N2O6S/c1-9(2)14(19)23-8-11-6-12(17(21)22)5-10(7-18)13(11)24-15(20)16(3)4/h5-7H,1,8H2,2-4H3. The second-order valence-corrected chi connectivity index (χ2v) is 5.98. The number of nitrogens with zero attached hydrogens (tertiary/aromatic N) is 2. The number of carbonyl (C=O) groups excluding carboxylic acids is 3. The van der Waals surface area contributed by atoms with Gasteiger partial charge in [-0.25, -0.2) is 4.79 Å². The van der Waals surface area contributed by atoms with Crippen molar-refractivity contribution in [3.63, 3.8) is 0 Å². The summed E-state index contributed by atoms with van der Waals surface area (Å²) in [6, 6.07) is 2.24. The van der Waals surface area contributed by atoms with E-state index < -0.39 is 10.9 Å². The first-order valence-electron chi connectivity index (χ1n) is 6.65. The lowest BCUT2D eigenvalue weighted by Gasteiger charge is -2.14. The summed E-state index contributed by atoms with van der Waals surface area (Å²) in [6.45, 7) is 4.57. The number of ether oxygens (including phenoxy) is 1. The zero-order chi connectivity index (χ0) is 18.4. The summed E-state index contributed by atoms with van der Waals surface area (Å²) in [5.74, 6) is -0.677. The molecule has 8 nitrogen and oxygen atoms in total. The van der Waals surface area contributed by atoms with Crippen molar-refractivity contribution in [2.45, 2.75) is 18.4 Å². The largest absolute Gasteiger partial charge is 0.457 e. The van der Waals surface area contributed by atoms with Crippen LogP contribution >= 0.6 is 11.8 Å². The maximum atomic E-state index is 11.9. The molecule has 0 aliphatic rings. The van der Waals surface area contributed by atoms with Crippen LogP contribution in [0.15, 0.2) is 29.2 Å². The van der Waals surface area contributed by atoms with Crippen LogP contribution in [0.2, 0.25) is 0 Å².